The Bertz CT molecular complexity index is 292. The normalized spacial score (nSPS) is 9.65. The molecule has 1 aliphatic rings. The van der Waals surface area contributed by atoms with Crippen molar-refractivity contribution in [1.29, 1.82) is 0 Å². The van der Waals surface area contributed by atoms with Crippen LogP contribution in [0.3, 0.4) is 0 Å². The van der Waals surface area contributed by atoms with Crippen molar-refractivity contribution < 1.29 is 30.4 Å². The second-order valence-corrected chi connectivity index (χ2v) is 2.31. The Labute approximate surface area is 117 Å². The van der Waals surface area contributed by atoms with Gasteiger partial charge in [-0.05, 0) is 0 Å². The molecule has 1 aromatic carbocycles. The molecule has 0 atom stereocenters. The van der Waals surface area contributed by atoms with Gasteiger partial charge in [-0.2, -0.15) is 18.2 Å². The van der Waals surface area contributed by atoms with Crippen LogP contribution in [0.1, 0.15) is 0 Å². The van der Waals surface area contributed by atoms with Gasteiger partial charge in [-0.1, -0.05) is 36.5 Å². The standard InChI is InChI=1S/C7H7.C5H5.2CO.Mo/c1-2-4-6-7-5-3-1;1-2-4-5-3-1;2*1-2;/h1-7H;1-5H;;;/q;-1;;;. The van der Waals surface area contributed by atoms with Gasteiger partial charge in [-0.3, -0.25) is 0 Å². The van der Waals surface area contributed by atoms with Crippen LogP contribution in [0.5, 0.6) is 0 Å². The van der Waals surface area contributed by atoms with Gasteiger partial charge in [0.1, 0.15) is 0 Å². The van der Waals surface area contributed by atoms with E-state index in [1.807, 2.05) is 73.2 Å². The van der Waals surface area contributed by atoms with Crippen LogP contribution < -0.4 is 0 Å². The molecule has 0 amide bonds. The summed E-state index contributed by atoms with van der Waals surface area (Å²) in [6.45, 7) is 9.00. The molecule has 0 saturated carbocycles. The van der Waals surface area contributed by atoms with Gasteiger partial charge in [0.2, 0.25) is 0 Å². The van der Waals surface area contributed by atoms with Gasteiger partial charge in [-0.25, -0.2) is 12.1 Å². The summed E-state index contributed by atoms with van der Waals surface area (Å²) in [5, 5.41) is 0. The van der Waals surface area contributed by atoms with E-state index in [1.54, 1.807) is 0 Å². The van der Waals surface area contributed by atoms with Crippen LogP contribution in [0.2, 0.25) is 0 Å². The van der Waals surface area contributed by atoms with E-state index >= 15 is 0 Å². The van der Waals surface area contributed by atoms with E-state index in [-0.39, 0.29) is 21.1 Å². The van der Waals surface area contributed by atoms with Gasteiger partial charge in [-0.15, -0.1) is 0 Å². The molecular formula is C14H12MoO2-. The fraction of sp³-hybridized carbons (Fsp3) is 0. The fourth-order valence-electron chi connectivity index (χ4n) is 0.770. The van der Waals surface area contributed by atoms with Crippen molar-refractivity contribution in [2.24, 2.45) is 0 Å². The van der Waals surface area contributed by atoms with Crippen LogP contribution in [0, 0.1) is 19.7 Å². The zero-order valence-electron chi connectivity index (χ0n) is 9.15. The van der Waals surface area contributed by atoms with Crippen LogP contribution >= 0.6 is 0 Å². The molecule has 2 nitrogen and oxygen atoms in total. The molecule has 0 heterocycles. The van der Waals surface area contributed by atoms with Crippen molar-refractivity contribution in [2.45, 2.75) is 0 Å². The minimum absolute atomic E-state index is 0. The molecule has 1 aliphatic carbocycles. The summed E-state index contributed by atoms with van der Waals surface area (Å²) in [6, 6.07) is 10.0. The fourth-order valence-corrected chi connectivity index (χ4v) is 0.770. The summed E-state index contributed by atoms with van der Waals surface area (Å²) in [6.07, 6.45) is 14.0. The molecule has 1 radical (unpaired) electrons. The molecule has 1 aromatic rings. The Hall–Kier alpha value is -1.26. The second-order valence-electron chi connectivity index (χ2n) is 2.31. The van der Waals surface area contributed by atoms with Crippen molar-refractivity contribution in [2.75, 3.05) is 0 Å². The zero-order valence-corrected chi connectivity index (χ0v) is 11.2. The van der Waals surface area contributed by atoms with E-state index in [4.69, 9.17) is 9.30 Å². The first-order chi connectivity index (χ1) is 8.00. The van der Waals surface area contributed by atoms with Gasteiger partial charge in [0, 0.05) is 27.5 Å². The van der Waals surface area contributed by atoms with Crippen molar-refractivity contribution in [1.82, 2.24) is 0 Å². The molecule has 0 bridgehead atoms. The summed E-state index contributed by atoms with van der Waals surface area (Å²) < 4.78 is 15.0. The van der Waals surface area contributed by atoms with Crippen LogP contribution in [-0.4, -0.2) is 0 Å². The van der Waals surface area contributed by atoms with E-state index in [0.29, 0.717) is 0 Å². The number of hydrogen-bond acceptors (Lipinski definition) is 0. The molecule has 2 rings (SSSR count). The Morgan fingerprint density at radius 1 is 0.647 bits per heavy atom. The average Bonchev–Trinajstić information content (AvgIpc) is 2.83. The molecule has 17 heavy (non-hydrogen) atoms. The molecule has 0 fully saturated rings. The zero-order chi connectivity index (χ0) is 12.5. The molecule has 0 aromatic heterocycles. The summed E-state index contributed by atoms with van der Waals surface area (Å²) in [5.41, 5.74) is 0. The van der Waals surface area contributed by atoms with Gasteiger partial charge >= 0.3 is 22.6 Å². The Balaban J connectivity index is -0.000000175. The average molecular weight is 308 g/mol. The minimum Gasteiger partial charge on any atom is -0.214 e. The number of allylic oxidation sites excluding steroid dienone is 6. The van der Waals surface area contributed by atoms with Gasteiger partial charge in [0.05, 0.1) is 0 Å². The van der Waals surface area contributed by atoms with Crippen LogP contribution in [0.25, 0.3) is 0 Å². The van der Waals surface area contributed by atoms with Crippen molar-refractivity contribution in [3.8, 4) is 0 Å². The Morgan fingerprint density at radius 3 is 1.29 bits per heavy atom. The topological polar surface area (TPSA) is 39.8 Å². The molecule has 0 spiro atoms. The minimum atomic E-state index is 0. The number of hydrogen-bond donors (Lipinski definition) is 0. The molecule has 0 N–H and O–H groups in total. The Kier molecular flexibility index (Phi) is 29.9. The summed E-state index contributed by atoms with van der Waals surface area (Å²) in [7, 11) is 0. The maximum absolute atomic E-state index is 7.50. The molecular weight excluding hydrogens is 296 g/mol. The molecule has 3 heteroatoms. The summed E-state index contributed by atoms with van der Waals surface area (Å²) in [4.78, 5) is 0. The molecule has 0 aliphatic heterocycles. The monoisotopic (exact) mass is 310 g/mol. The maximum Gasteiger partial charge on any atom is 0.00506 e. The van der Waals surface area contributed by atoms with Crippen LogP contribution in [0.15, 0.2) is 66.8 Å². The summed E-state index contributed by atoms with van der Waals surface area (Å²) >= 11 is 0. The first kappa shape index (κ1) is 21.1. The third-order valence-electron chi connectivity index (χ3n) is 1.33. The van der Waals surface area contributed by atoms with E-state index in [9.17, 15) is 0 Å². The first-order valence-electron chi connectivity index (χ1n) is 4.41. The third kappa shape index (κ3) is 20.7. The maximum atomic E-state index is 7.50. The van der Waals surface area contributed by atoms with Crippen LogP contribution in [-0.2, 0) is 30.4 Å². The van der Waals surface area contributed by atoms with Crippen molar-refractivity contribution in [3.05, 3.63) is 86.5 Å². The van der Waals surface area contributed by atoms with Gasteiger partial charge in [0.15, 0.2) is 0 Å². The smallest absolute Gasteiger partial charge is 0.00506 e. The summed E-state index contributed by atoms with van der Waals surface area (Å²) in [5.74, 6) is 0. The predicted molar refractivity (Wildman–Crippen MR) is 61.6 cm³/mol. The van der Waals surface area contributed by atoms with Crippen molar-refractivity contribution in [3.63, 3.8) is 0 Å². The van der Waals surface area contributed by atoms with Crippen LogP contribution in [0.4, 0.5) is 0 Å². The largest absolute Gasteiger partial charge is 0.214 e. The predicted octanol–water partition coefficient (Wildman–Crippen LogP) is 3.20. The number of rotatable bonds is 0. The molecule has 0 unspecified atom stereocenters. The first-order valence-corrected chi connectivity index (χ1v) is 4.41. The van der Waals surface area contributed by atoms with E-state index in [0.717, 1.165) is 0 Å². The van der Waals surface area contributed by atoms with E-state index in [2.05, 4.69) is 13.3 Å². The van der Waals surface area contributed by atoms with E-state index < -0.39 is 0 Å². The van der Waals surface area contributed by atoms with Gasteiger partial charge < -0.3 is 0 Å². The molecule has 87 valence electrons. The van der Waals surface area contributed by atoms with E-state index in [1.165, 1.54) is 0 Å². The Morgan fingerprint density at radius 2 is 1.00 bits per heavy atom. The SMILES string of the molecule is [C-]#[O+].[C-]#[O+].[CH]1C=CC=CC=C1.[Mo].c1cc[cH-]c1. The third-order valence-corrected chi connectivity index (χ3v) is 1.33. The molecule has 0 saturated heterocycles. The quantitative estimate of drug-likeness (QED) is 0.401. The second kappa shape index (κ2) is 24.1. The van der Waals surface area contributed by atoms with Gasteiger partial charge in [0.25, 0.3) is 0 Å². The van der Waals surface area contributed by atoms with Crippen molar-refractivity contribution >= 4 is 0 Å².